The quantitative estimate of drug-likeness (QED) is 0.486. The molecule has 23 heavy (non-hydrogen) atoms. The zero-order valence-electron chi connectivity index (χ0n) is 15.9. The highest BCUT2D eigenvalue weighted by Crippen LogP contribution is 2.54. The average molecular weight is 363 g/mol. The Bertz CT molecular complexity index is 361. The van der Waals surface area contributed by atoms with E-state index in [4.69, 9.17) is 27.9 Å². The van der Waals surface area contributed by atoms with Gasteiger partial charge in [0.15, 0.2) is 0 Å². The van der Waals surface area contributed by atoms with Gasteiger partial charge in [-0.1, -0.05) is 77.6 Å². The lowest BCUT2D eigenvalue weighted by Gasteiger charge is -2.52. The van der Waals surface area contributed by atoms with Crippen molar-refractivity contribution in [2.24, 2.45) is 35.5 Å². The Balaban J connectivity index is 2.26. The van der Waals surface area contributed by atoms with Crippen LogP contribution in [-0.2, 0) is 4.74 Å². The van der Waals surface area contributed by atoms with Crippen molar-refractivity contribution in [3.8, 4) is 0 Å². The lowest BCUT2D eigenvalue weighted by molar-refractivity contribution is -0.170. The number of halogens is 2. The maximum atomic E-state index is 7.17. The first-order chi connectivity index (χ1) is 10.6. The predicted octanol–water partition coefficient (Wildman–Crippen LogP) is 7.06. The van der Waals surface area contributed by atoms with E-state index >= 15 is 0 Å². The van der Waals surface area contributed by atoms with Crippen LogP contribution in [0, 0.1) is 35.5 Å². The second-order valence-corrected chi connectivity index (χ2v) is 10.4. The average Bonchev–Trinajstić information content (AvgIpc) is 2.35. The van der Waals surface area contributed by atoms with Crippen LogP contribution >= 0.6 is 23.2 Å². The van der Waals surface area contributed by atoms with Gasteiger partial charge in [-0.15, -0.1) is 0 Å². The molecule has 0 radical (unpaired) electrons. The third-order valence-electron chi connectivity index (χ3n) is 6.25. The molecule has 2 saturated carbocycles. The summed E-state index contributed by atoms with van der Waals surface area (Å²) < 4.78 is 6.73. The van der Waals surface area contributed by atoms with E-state index in [1.54, 1.807) is 0 Å². The van der Waals surface area contributed by atoms with Crippen LogP contribution in [0.1, 0.15) is 80.1 Å². The standard InChI is InChI=1S/C20H36Cl2O/c1-13(2)17-9-7-15(5)11-19(17,21)23-20(22)12-16(6)8-10-18(20)14(3)4/h13-18H,7-12H2,1-6H3. The van der Waals surface area contributed by atoms with Gasteiger partial charge in [0.05, 0.1) is 0 Å². The first-order valence-corrected chi connectivity index (χ1v) is 10.4. The van der Waals surface area contributed by atoms with Crippen molar-refractivity contribution in [3.63, 3.8) is 0 Å². The Morgan fingerprint density at radius 1 is 0.739 bits per heavy atom. The zero-order chi connectivity index (χ0) is 17.4. The number of hydrogen-bond acceptors (Lipinski definition) is 1. The molecular weight excluding hydrogens is 327 g/mol. The molecular formula is C20H36Cl2O. The number of ether oxygens (including phenoxy) is 1. The molecule has 2 aliphatic rings. The molecule has 0 bridgehead atoms. The van der Waals surface area contributed by atoms with Gasteiger partial charge < -0.3 is 4.74 Å². The van der Waals surface area contributed by atoms with E-state index in [9.17, 15) is 0 Å². The van der Waals surface area contributed by atoms with Gasteiger partial charge >= 0.3 is 0 Å². The maximum Gasteiger partial charge on any atom is 0.147 e. The molecule has 0 N–H and O–H groups in total. The van der Waals surface area contributed by atoms with Crippen LogP contribution in [0.15, 0.2) is 0 Å². The third kappa shape index (κ3) is 4.39. The van der Waals surface area contributed by atoms with Crippen LogP contribution in [0.25, 0.3) is 0 Å². The van der Waals surface area contributed by atoms with Gasteiger partial charge in [-0.2, -0.15) is 0 Å². The second-order valence-electron chi connectivity index (χ2n) is 9.15. The highest BCUT2D eigenvalue weighted by Gasteiger charge is 2.53. The fraction of sp³-hybridized carbons (Fsp3) is 1.00. The van der Waals surface area contributed by atoms with Crippen LogP contribution in [0.4, 0.5) is 0 Å². The van der Waals surface area contributed by atoms with Crippen LogP contribution in [0.2, 0.25) is 0 Å². The molecule has 2 aliphatic carbocycles. The van der Waals surface area contributed by atoms with Gasteiger partial charge in [-0.3, -0.25) is 0 Å². The molecule has 6 atom stereocenters. The van der Waals surface area contributed by atoms with Crippen LogP contribution in [-0.4, -0.2) is 10.1 Å². The summed E-state index contributed by atoms with van der Waals surface area (Å²) >= 11 is 14.3. The summed E-state index contributed by atoms with van der Waals surface area (Å²) in [6.07, 6.45) is 6.64. The van der Waals surface area contributed by atoms with Gasteiger partial charge in [0.2, 0.25) is 0 Å². The second kappa shape index (κ2) is 7.42. The Morgan fingerprint density at radius 2 is 1.09 bits per heavy atom. The SMILES string of the molecule is CC1CCC(C(C)C)C(Cl)(OC2(Cl)CC(C)CCC2C(C)C)C1. The Hall–Kier alpha value is 0.540. The number of alkyl halides is 2. The van der Waals surface area contributed by atoms with E-state index < -0.39 is 10.1 Å². The first kappa shape index (κ1) is 19.9. The molecule has 6 unspecified atom stereocenters. The monoisotopic (exact) mass is 362 g/mol. The van der Waals surface area contributed by atoms with Gasteiger partial charge in [0.1, 0.15) is 10.1 Å². The Labute approximate surface area is 153 Å². The van der Waals surface area contributed by atoms with Crippen LogP contribution in [0.5, 0.6) is 0 Å². The maximum absolute atomic E-state index is 7.17. The fourth-order valence-electron chi connectivity index (χ4n) is 5.00. The zero-order valence-corrected chi connectivity index (χ0v) is 17.4. The minimum absolute atomic E-state index is 0.390. The van der Waals surface area contributed by atoms with E-state index in [0.29, 0.717) is 35.5 Å². The smallest absolute Gasteiger partial charge is 0.147 e. The molecule has 0 amide bonds. The molecule has 3 heteroatoms. The predicted molar refractivity (Wildman–Crippen MR) is 101 cm³/mol. The number of hydrogen-bond donors (Lipinski definition) is 0. The van der Waals surface area contributed by atoms with Crippen molar-refractivity contribution in [1.82, 2.24) is 0 Å². The highest BCUT2D eigenvalue weighted by molar-refractivity contribution is 6.25. The fourth-order valence-corrected chi connectivity index (χ4v) is 6.56. The molecule has 136 valence electrons. The van der Waals surface area contributed by atoms with Crippen molar-refractivity contribution < 1.29 is 4.74 Å². The van der Waals surface area contributed by atoms with Gasteiger partial charge in [0, 0.05) is 11.8 Å². The Morgan fingerprint density at radius 3 is 1.39 bits per heavy atom. The summed E-state index contributed by atoms with van der Waals surface area (Å²) in [7, 11) is 0. The Kier molecular flexibility index (Phi) is 6.41. The molecule has 1 nitrogen and oxygen atoms in total. The normalized spacial score (nSPS) is 45.7. The van der Waals surface area contributed by atoms with Crippen LogP contribution in [0.3, 0.4) is 0 Å². The van der Waals surface area contributed by atoms with Gasteiger partial charge in [0.25, 0.3) is 0 Å². The summed E-state index contributed by atoms with van der Waals surface area (Å²) in [5.74, 6) is 3.06. The van der Waals surface area contributed by atoms with Gasteiger partial charge in [-0.05, 0) is 49.4 Å². The largest absolute Gasteiger partial charge is 0.337 e. The van der Waals surface area contributed by atoms with Gasteiger partial charge in [-0.25, -0.2) is 0 Å². The molecule has 2 fully saturated rings. The number of rotatable bonds is 4. The molecule has 0 aliphatic heterocycles. The molecule has 2 rings (SSSR count). The van der Waals surface area contributed by atoms with E-state index in [-0.39, 0.29) is 0 Å². The highest BCUT2D eigenvalue weighted by atomic mass is 35.5. The minimum Gasteiger partial charge on any atom is -0.337 e. The third-order valence-corrected chi connectivity index (χ3v) is 7.27. The first-order valence-electron chi connectivity index (χ1n) is 9.65. The lowest BCUT2D eigenvalue weighted by Crippen LogP contribution is -2.53. The van der Waals surface area contributed by atoms with Crippen molar-refractivity contribution in [3.05, 3.63) is 0 Å². The molecule has 0 saturated heterocycles. The van der Waals surface area contributed by atoms with Crippen molar-refractivity contribution in [2.75, 3.05) is 0 Å². The van der Waals surface area contributed by atoms with Crippen molar-refractivity contribution in [1.29, 1.82) is 0 Å². The molecule has 0 aromatic rings. The topological polar surface area (TPSA) is 9.23 Å². The van der Waals surface area contributed by atoms with Crippen LogP contribution < -0.4 is 0 Å². The summed E-state index contributed by atoms with van der Waals surface area (Å²) in [6, 6.07) is 0. The lowest BCUT2D eigenvalue weighted by atomic mass is 9.72. The van der Waals surface area contributed by atoms with Crippen molar-refractivity contribution >= 4 is 23.2 Å². The molecule has 0 spiro atoms. The molecule has 0 heterocycles. The van der Waals surface area contributed by atoms with Crippen molar-refractivity contribution in [2.45, 2.75) is 90.2 Å². The van der Waals surface area contributed by atoms with E-state index in [1.165, 1.54) is 12.8 Å². The molecule has 0 aromatic heterocycles. The summed E-state index contributed by atoms with van der Waals surface area (Å²) in [4.78, 5) is 0. The van der Waals surface area contributed by atoms with E-state index in [1.807, 2.05) is 0 Å². The summed E-state index contributed by atoms with van der Waals surface area (Å²) in [5, 5.41) is -1.20. The minimum atomic E-state index is -0.599. The molecule has 0 aromatic carbocycles. The summed E-state index contributed by atoms with van der Waals surface area (Å²) in [6.45, 7) is 13.7. The van der Waals surface area contributed by atoms with E-state index in [0.717, 1.165) is 25.7 Å². The van der Waals surface area contributed by atoms with E-state index in [2.05, 4.69) is 41.5 Å². The summed E-state index contributed by atoms with van der Waals surface area (Å²) in [5.41, 5.74) is 0.